The molecule has 11 heteroatoms. The standard InChI is InChI=1S/C39H42FN5O5/c1-25(2)19-32-37(47)44-34(39(49)45(3)24-29-11-7-8-18-41-29)21-27-12-15-30(16-13-27)50-35-22-28(14-17-31(35)40)23-36(46)42-33(38(48)43-32)20-26-9-5-4-6-10-26/h4-18,22,25,32-34H,19-21,23-24H2,1-3H3,(H,42,46)(H,43,48)(H,44,47)/t32-,33+,34-/m0/s1. The van der Waals surface area contributed by atoms with Gasteiger partial charge in [-0.05, 0) is 65.4 Å². The quantitative estimate of drug-likeness (QED) is 0.247. The van der Waals surface area contributed by atoms with Crippen molar-refractivity contribution >= 4 is 23.6 Å². The molecule has 260 valence electrons. The van der Waals surface area contributed by atoms with Crippen molar-refractivity contribution in [3.63, 3.8) is 0 Å². The first-order chi connectivity index (χ1) is 24.0. The minimum absolute atomic E-state index is 0.0102. The monoisotopic (exact) mass is 679 g/mol. The number of hydrogen-bond donors (Lipinski definition) is 3. The van der Waals surface area contributed by atoms with E-state index in [0.717, 1.165) is 11.1 Å². The fraction of sp³-hybridized carbons (Fsp3) is 0.308. The molecule has 0 saturated carbocycles. The van der Waals surface area contributed by atoms with Crippen molar-refractivity contribution in [3.8, 4) is 11.5 Å². The molecule has 10 nitrogen and oxygen atoms in total. The van der Waals surface area contributed by atoms with Gasteiger partial charge in [0.1, 0.15) is 23.9 Å². The van der Waals surface area contributed by atoms with Gasteiger partial charge in [-0.15, -0.1) is 0 Å². The van der Waals surface area contributed by atoms with Crippen LogP contribution in [0.4, 0.5) is 4.39 Å². The van der Waals surface area contributed by atoms with Crippen LogP contribution in [-0.4, -0.2) is 58.7 Å². The summed E-state index contributed by atoms with van der Waals surface area (Å²) in [5.74, 6) is -2.19. The summed E-state index contributed by atoms with van der Waals surface area (Å²) in [5.41, 5.74) is 2.69. The Morgan fingerprint density at radius 3 is 2.28 bits per heavy atom. The lowest BCUT2D eigenvalue weighted by Gasteiger charge is -2.28. The van der Waals surface area contributed by atoms with Gasteiger partial charge in [0.25, 0.3) is 0 Å². The zero-order chi connectivity index (χ0) is 35.6. The third-order valence-corrected chi connectivity index (χ3v) is 8.34. The van der Waals surface area contributed by atoms with Crippen LogP contribution in [0.3, 0.4) is 0 Å². The molecule has 2 aliphatic rings. The molecular weight excluding hydrogens is 637 g/mol. The molecule has 4 bridgehead atoms. The van der Waals surface area contributed by atoms with Gasteiger partial charge < -0.3 is 25.6 Å². The summed E-state index contributed by atoms with van der Waals surface area (Å²) in [6.07, 6.45) is 2.10. The Balaban J connectivity index is 1.50. The number of carbonyl (C=O) groups excluding carboxylic acids is 4. The van der Waals surface area contributed by atoms with Crippen molar-refractivity contribution in [2.45, 2.75) is 64.2 Å². The Bertz CT molecular complexity index is 1790. The number of halogens is 1. The van der Waals surface area contributed by atoms with Gasteiger partial charge in [-0.25, -0.2) is 4.39 Å². The van der Waals surface area contributed by atoms with Crippen LogP contribution < -0.4 is 20.7 Å². The number of hydrogen-bond acceptors (Lipinski definition) is 6. The van der Waals surface area contributed by atoms with Gasteiger partial charge in [-0.2, -0.15) is 0 Å². The van der Waals surface area contributed by atoms with Crippen LogP contribution in [0.2, 0.25) is 0 Å². The van der Waals surface area contributed by atoms with Crippen molar-refractivity contribution in [1.82, 2.24) is 25.8 Å². The van der Waals surface area contributed by atoms with Gasteiger partial charge >= 0.3 is 0 Å². The predicted octanol–water partition coefficient (Wildman–Crippen LogP) is 4.51. The van der Waals surface area contributed by atoms with Gasteiger partial charge in [0, 0.05) is 26.1 Å². The molecule has 0 spiro atoms. The first-order valence-electron chi connectivity index (χ1n) is 16.7. The van der Waals surface area contributed by atoms with Gasteiger partial charge in [0.15, 0.2) is 11.6 Å². The van der Waals surface area contributed by atoms with E-state index in [1.165, 1.54) is 23.1 Å². The molecule has 50 heavy (non-hydrogen) atoms. The normalized spacial score (nSPS) is 18.5. The van der Waals surface area contributed by atoms with E-state index in [9.17, 15) is 23.6 Å². The summed E-state index contributed by atoms with van der Waals surface area (Å²) < 4.78 is 20.7. The Morgan fingerprint density at radius 1 is 0.880 bits per heavy atom. The molecule has 4 amide bonds. The van der Waals surface area contributed by atoms with Gasteiger partial charge in [-0.3, -0.25) is 24.2 Å². The van der Waals surface area contributed by atoms with Gasteiger partial charge in [0.05, 0.1) is 18.7 Å². The highest BCUT2D eigenvalue weighted by molar-refractivity contribution is 5.94. The molecule has 4 aromatic rings. The highest BCUT2D eigenvalue weighted by Gasteiger charge is 2.32. The number of aromatic nitrogens is 1. The lowest BCUT2D eigenvalue weighted by Crippen LogP contribution is -2.57. The maximum absolute atomic E-state index is 14.8. The first-order valence-corrected chi connectivity index (χ1v) is 16.7. The second-order valence-electron chi connectivity index (χ2n) is 13.0. The van der Waals surface area contributed by atoms with E-state index in [-0.39, 0.29) is 43.4 Å². The van der Waals surface area contributed by atoms with E-state index in [1.54, 1.807) is 43.6 Å². The van der Waals surface area contributed by atoms with Crippen molar-refractivity contribution in [2.75, 3.05) is 7.05 Å². The van der Waals surface area contributed by atoms with Crippen LogP contribution >= 0.6 is 0 Å². The predicted molar refractivity (Wildman–Crippen MR) is 186 cm³/mol. The molecular formula is C39H42FN5O5. The topological polar surface area (TPSA) is 130 Å². The number of pyridine rings is 1. The third kappa shape index (κ3) is 9.97. The highest BCUT2D eigenvalue weighted by atomic mass is 19.1. The average molecular weight is 680 g/mol. The SMILES string of the molecule is CC(C)C[C@@H]1NC(=O)[C@@H](Cc2ccccc2)NC(=O)Cc2ccc(F)c(c2)Oc2ccc(cc2)C[C@@H](C(=O)N(C)Cc2ccccn2)NC1=O. The maximum Gasteiger partial charge on any atom is 0.245 e. The number of ether oxygens (including phenoxy) is 1. The number of carbonyl (C=O) groups is 4. The van der Waals surface area contributed by atoms with Crippen molar-refractivity contribution < 1.29 is 28.3 Å². The average Bonchev–Trinajstić information content (AvgIpc) is 3.09. The second-order valence-corrected chi connectivity index (χ2v) is 13.0. The molecule has 0 saturated heterocycles. The minimum Gasteiger partial charge on any atom is -0.454 e. The number of nitrogens with one attached hydrogen (secondary N) is 3. The summed E-state index contributed by atoms with van der Waals surface area (Å²) >= 11 is 0. The molecule has 2 aliphatic heterocycles. The van der Waals surface area contributed by atoms with E-state index < -0.39 is 41.7 Å². The number of fused-ring (bicyclic) bond motifs is 12. The summed E-state index contributed by atoms with van der Waals surface area (Å²) in [5, 5.41) is 8.60. The van der Waals surface area contributed by atoms with Gasteiger partial charge in [0.2, 0.25) is 23.6 Å². The second kappa shape index (κ2) is 16.7. The van der Waals surface area contributed by atoms with E-state index >= 15 is 0 Å². The van der Waals surface area contributed by atoms with Crippen LogP contribution in [0.25, 0.3) is 0 Å². The number of likely N-dealkylation sites (N-methyl/N-ethyl adjacent to an activating group) is 1. The molecule has 3 N–H and O–H groups in total. The van der Waals surface area contributed by atoms with E-state index in [2.05, 4.69) is 20.9 Å². The summed E-state index contributed by atoms with van der Waals surface area (Å²) in [4.78, 5) is 61.0. The zero-order valence-electron chi connectivity index (χ0n) is 28.4. The fourth-order valence-corrected chi connectivity index (χ4v) is 5.81. The number of amides is 4. The number of benzene rings is 3. The molecule has 3 atom stereocenters. The summed E-state index contributed by atoms with van der Waals surface area (Å²) in [6.45, 7) is 4.08. The van der Waals surface area contributed by atoms with Crippen LogP contribution in [0.15, 0.2) is 97.2 Å². The Hall–Kier alpha value is -5.58. The highest BCUT2D eigenvalue weighted by Crippen LogP contribution is 2.27. The molecule has 3 aromatic carbocycles. The van der Waals surface area contributed by atoms with E-state index in [0.29, 0.717) is 23.4 Å². The smallest absolute Gasteiger partial charge is 0.245 e. The largest absolute Gasteiger partial charge is 0.454 e. The molecule has 6 rings (SSSR count). The first kappa shape index (κ1) is 35.7. The molecule has 0 aliphatic carbocycles. The maximum atomic E-state index is 14.8. The Labute approximate surface area is 291 Å². The zero-order valence-corrected chi connectivity index (χ0v) is 28.4. The third-order valence-electron chi connectivity index (χ3n) is 8.34. The molecule has 0 radical (unpaired) electrons. The van der Waals surface area contributed by atoms with Crippen LogP contribution in [0.5, 0.6) is 11.5 Å². The summed E-state index contributed by atoms with van der Waals surface area (Å²) in [7, 11) is 1.64. The Morgan fingerprint density at radius 2 is 1.58 bits per heavy atom. The van der Waals surface area contributed by atoms with Crippen LogP contribution in [0, 0.1) is 11.7 Å². The number of rotatable bonds is 7. The lowest BCUT2D eigenvalue weighted by molar-refractivity contribution is -0.137. The van der Waals surface area contributed by atoms with Gasteiger partial charge in [-0.1, -0.05) is 68.4 Å². The van der Waals surface area contributed by atoms with Crippen LogP contribution in [0.1, 0.15) is 42.7 Å². The van der Waals surface area contributed by atoms with Crippen molar-refractivity contribution in [1.29, 1.82) is 0 Å². The van der Waals surface area contributed by atoms with Crippen molar-refractivity contribution in [3.05, 3.63) is 125 Å². The Kier molecular flexibility index (Phi) is 11.9. The number of nitrogens with zero attached hydrogens (tertiary/aromatic N) is 2. The van der Waals surface area contributed by atoms with E-state index in [4.69, 9.17) is 4.74 Å². The molecule has 0 unspecified atom stereocenters. The van der Waals surface area contributed by atoms with E-state index in [1.807, 2.05) is 56.3 Å². The molecule has 1 aromatic heterocycles. The van der Waals surface area contributed by atoms with Crippen LogP contribution in [-0.2, 0) is 45.0 Å². The lowest BCUT2D eigenvalue weighted by atomic mass is 9.99. The molecule has 3 heterocycles. The summed E-state index contributed by atoms with van der Waals surface area (Å²) in [6, 6.07) is 22.6. The fourth-order valence-electron chi connectivity index (χ4n) is 5.81. The minimum atomic E-state index is -1.03. The van der Waals surface area contributed by atoms with Crippen molar-refractivity contribution in [2.24, 2.45) is 5.92 Å². The molecule has 0 fully saturated rings.